The van der Waals surface area contributed by atoms with Crippen LogP contribution in [0.15, 0.2) is 40.6 Å². The van der Waals surface area contributed by atoms with Crippen LogP contribution in [0.25, 0.3) is 0 Å². The van der Waals surface area contributed by atoms with Crippen molar-refractivity contribution in [3.8, 4) is 0 Å². The Balaban J connectivity index is 1.38. The lowest BCUT2D eigenvalue weighted by atomic mass is 10.2. The van der Waals surface area contributed by atoms with E-state index in [1.54, 1.807) is 18.2 Å². The normalized spacial score (nSPS) is 16.2. The Morgan fingerprint density at radius 2 is 1.77 bits per heavy atom. The number of piperazine rings is 1. The molecule has 1 saturated heterocycles. The van der Waals surface area contributed by atoms with E-state index >= 15 is 0 Å². The molecular formula is C17H21ClFN3O2S2. The van der Waals surface area contributed by atoms with Crippen LogP contribution in [-0.2, 0) is 10.0 Å². The molecule has 3 rings (SSSR count). The second-order valence-electron chi connectivity index (χ2n) is 6.11. The molecule has 0 spiro atoms. The molecule has 9 heteroatoms. The van der Waals surface area contributed by atoms with Crippen molar-refractivity contribution < 1.29 is 12.8 Å². The fraction of sp³-hybridized carbons (Fsp3) is 0.412. The first-order valence-corrected chi connectivity index (χ1v) is 11.1. The monoisotopic (exact) mass is 417 g/mol. The maximum atomic E-state index is 13.0. The van der Waals surface area contributed by atoms with Crippen molar-refractivity contribution in [1.29, 1.82) is 0 Å². The Labute approximate surface area is 162 Å². The summed E-state index contributed by atoms with van der Waals surface area (Å²) in [5, 5.41) is 0. The number of hydrogen-bond acceptors (Lipinski definition) is 5. The molecular weight excluding hydrogens is 397 g/mol. The summed E-state index contributed by atoms with van der Waals surface area (Å²) in [4.78, 5) is 4.55. The number of thiophene rings is 1. The van der Waals surface area contributed by atoms with Crippen LogP contribution >= 0.6 is 22.9 Å². The second kappa shape index (κ2) is 8.67. The minimum atomic E-state index is -3.46. The van der Waals surface area contributed by atoms with E-state index in [-0.39, 0.29) is 10.0 Å². The van der Waals surface area contributed by atoms with Gasteiger partial charge in [0.25, 0.3) is 0 Å². The molecule has 1 aromatic carbocycles. The predicted molar refractivity (Wildman–Crippen MR) is 104 cm³/mol. The van der Waals surface area contributed by atoms with Gasteiger partial charge < -0.3 is 4.90 Å². The third-order valence-corrected chi connectivity index (χ3v) is 7.50. The van der Waals surface area contributed by atoms with Crippen molar-refractivity contribution in [2.24, 2.45) is 0 Å². The molecule has 0 atom stereocenters. The number of halogens is 2. The molecule has 26 heavy (non-hydrogen) atoms. The summed E-state index contributed by atoms with van der Waals surface area (Å²) in [6.45, 7) is 4.81. The summed E-state index contributed by atoms with van der Waals surface area (Å²) in [7, 11) is -3.46. The van der Waals surface area contributed by atoms with Gasteiger partial charge in [0.05, 0.1) is 4.34 Å². The molecule has 2 heterocycles. The van der Waals surface area contributed by atoms with E-state index in [0.717, 1.165) is 56.2 Å². The zero-order chi connectivity index (χ0) is 18.6. The molecule has 1 fully saturated rings. The van der Waals surface area contributed by atoms with Crippen LogP contribution < -0.4 is 9.62 Å². The quantitative estimate of drug-likeness (QED) is 0.703. The van der Waals surface area contributed by atoms with Crippen LogP contribution in [0.2, 0.25) is 4.34 Å². The third kappa shape index (κ3) is 5.17. The Morgan fingerprint density at radius 3 is 2.38 bits per heavy atom. The highest BCUT2D eigenvalue weighted by Gasteiger charge is 2.18. The van der Waals surface area contributed by atoms with Crippen LogP contribution in [0.3, 0.4) is 0 Å². The molecule has 0 saturated carbocycles. The fourth-order valence-corrected chi connectivity index (χ4v) is 5.51. The molecule has 0 bridgehead atoms. The van der Waals surface area contributed by atoms with Crippen LogP contribution in [0.4, 0.5) is 10.1 Å². The van der Waals surface area contributed by atoms with Crippen LogP contribution in [0.1, 0.15) is 6.42 Å². The maximum Gasteiger partial charge on any atom is 0.250 e. The minimum Gasteiger partial charge on any atom is -0.369 e. The lowest BCUT2D eigenvalue weighted by molar-refractivity contribution is 0.255. The summed E-state index contributed by atoms with van der Waals surface area (Å²) in [6.07, 6.45) is 0.745. The van der Waals surface area contributed by atoms with Gasteiger partial charge in [-0.3, -0.25) is 4.90 Å². The number of nitrogens with zero attached hydrogens (tertiary/aromatic N) is 2. The number of anilines is 1. The molecule has 0 aliphatic carbocycles. The highest BCUT2D eigenvalue weighted by Crippen LogP contribution is 2.25. The zero-order valence-corrected chi connectivity index (χ0v) is 16.6. The molecule has 1 aliphatic rings. The first kappa shape index (κ1) is 19.6. The summed E-state index contributed by atoms with van der Waals surface area (Å²) < 4.78 is 40.6. The van der Waals surface area contributed by atoms with E-state index in [1.807, 2.05) is 0 Å². The van der Waals surface area contributed by atoms with Gasteiger partial charge in [-0.2, -0.15) is 0 Å². The Morgan fingerprint density at radius 1 is 1.08 bits per heavy atom. The van der Waals surface area contributed by atoms with Gasteiger partial charge in [-0.05, 0) is 49.4 Å². The number of nitrogens with one attached hydrogen (secondary N) is 1. The van der Waals surface area contributed by atoms with Crippen LogP contribution in [0.5, 0.6) is 0 Å². The Kier molecular flexibility index (Phi) is 6.52. The number of sulfonamides is 1. The average molecular weight is 418 g/mol. The highest BCUT2D eigenvalue weighted by atomic mass is 35.5. The van der Waals surface area contributed by atoms with Crippen molar-refractivity contribution in [3.63, 3.8) is 0 Å². The summed E-state index contributed by atoms with van der Waals surface area (Å²) >= 11 is 6.85. The Hall–Kier alpha value is -1.19. The van der Waals surface area contributed by atoms with Crippen molar-refractivity contribution in [2.45, 2.75) is 10.6 Å². The molecule has 1 N–H and O–H groups in total. The summed E-state index contributed by atoms with van der Waals surface area (Å²) in [5.74, 6) is -0.223. The molecule has 0 radical (unpaired) electrons. The standard InChI is InChI=1S/C17H21ClFN3O2S2/c18-16-6-7-17(25-16)26(23,24)20-8-1-9-21-10-12-22(13-11-21)15-4-2-14(19)3-5-15/h2-7,20H,1,8-13H2. The smallest absolute Gasteiger partial charge is 0.250 e. The van der Waals surface area contributed by atoms with E-state index < -0.39 is 10.0 Å². The summed E-state index contributed by atoms with van der Waals surface area (Å²) in [6, 6.07) is 9.67. The first-order chi connectivity index (χ1) is 12.4. The number of benzene rings is 1. The lowest BCUT2D eigenvalue weighted by Crippen LogP contribution is -2.47. The topological polar surface area (TPSA) is 52.7 Å². The predicted octanol–water partition coefficient (Wildman–Crippen LogP) is 3.03. The second-order valence-corrected chi connectivity index (χ2v) is 9.82. The average Bonchev–Trinajstić information content (AvgIpc) is 3.07. The van der Waals surface area contributed by atoms with E-state index in [2.05, 4.69) is 14.5 Å². The van der Waals surface area contributed by atoms with E-state index in [4.69, 9.17) is 11.6 Å². The highest BCUT2D eigenvalue weighted by molar-refractivity contribution is 7.91. The molecule has 5 nitrogen and oxygen atoms in total. The maximum absolute atomic E-state index is 13.0. The van der Waals surface area contributed by atoms with Crippen LogP contribution in [0, 0.1) is 5.82 Å². The molecule has 1 aliphatic heterocycles. The van der Waals surface area contributed by atoms with Crippen LogP contribution in [-0.4, -0.2) is 52.6 Å². The minimum absolute atomic E-state index is 0.223. The third-order valence-electron chi connectivity index (χ3n) is 4.32. The molecule has 1 aromatic heterocycles. The summed E-state index contributed by atoms with van der Waals surface area (Å²) in [5.41, 5.74) is 1.04. The van der Waals surface area contributed by atoms with E-state index in [1.165, 1.54) is 18.2 Å². The molecule has 2 aromatic rings. The van der Waals surface area contributed by atoms with Gasteiger partial charge in [-0.15, -0.1) is 11.3 Å². The zero-order valence-electron chi connectivity index (χ0n) is 14.2. The molecule has 0 unspecified atom stereocenters. The first-order valence-electron chi connectivity index (χ1n) is 8.42. The SMILES string of the molecule is O=S(=O)(NCCCN1CCN(c2ccc(F)cc2)CC1)c1ccc(Cl)s1. The van der Waals surface area contributed by atoms with Crippen molar-refractivity contribution in [1.82, 2.24) is 9.62 Å². The Bertz CT molecular complexity index is 819. The number of rotatable bonds is 7. The largest absolute Gasteiger partial charge is 0.369 e. The van der Waals surface area contributed by atoms with Gasteiger partial charge in [0.15, 0.2) is 0 Å². The fourth-order valence-electron chi connectivity index (χ4n) is 2.90. The van der Waals surface area contributed by atoms with E-state index in [9.17, 15) is 12.8 Å². The van der Waals surface area contributed by atoms with Gasteiger partial charge in [-0.1, -0.05) is 11.6 Å². The lowest BCUT2D eigenvalue weighted by Gasteiger charge is -2.36. The van der Waals surface area contributed by atoms with E-state index in [0.29, 0.717) is 10.9 Å². The van der Waals surface area contributed by atoms with Gasteiger partial charge in [0.1, 0.15) is 10.0 Å². The van der Waals surface area contributed by atoms with Crippen molar-refractivity contribution in [2.75, 3.05) is 44.2 Å². The van der Waals surface area contributed by atoms with Gasteiger partial charge in [-0.25, -0.2) is 17.5 Å². The van der Waals surface area contributed by atoms with Gasteiger partial charge in [0.2, 0.25) is 10.0 Å². The molecule has 0 amide bonds. The van der Waals surface area contributed by atoms with Gasteiger partial charge >= 0.3 is 0 Å². The molecule has 142 valence electrons. The van der Waals surface area contributed by atoms with Crippen molar-refractivity contribution >= 4 is 38.6 Å². The van der Waals surface area contributed by atoms with Crippen molar-refractivity contribution in [3.05, 3.63) is 46.6 Å². The number of hydrogen-bond donors (Lipinski definition) is 1. The van der Waals surface area contributed by atoms with Gasteiger partial charge in [0, 0.05) is 38.4 Å².